The Hall–Kier alpha value is -1.46. The minimum Gasteiger partial charge on any atom is -0.351 e. The van der Waals surface area contributed by atoms with E-state index in [1.165, 1.54) is 0 Å². The van der Waals surface area contributed by atoms with Crippen LogP contribution in [0.2, 0.25) is 10.0 Å². The van der Waals surface area contributed by atoms with Crippen molar-refractivity contribution < 1.29 is 9.59 Å². The van der Waals surface area contributed by atoms with Gasteiger partial charge in [0.1, 0.15) is 0 Å². The largest absolute Gasteiger partial charge is 0.351 e. The maximum Gasteiger partial charge on any atom is 0.314 e. The molecule has 0 aliphatic carbocycles. The molecule has 2 rings (SSSR count). The Balaban J connectivity index is 1.86. The molecule has 3 amide bonds. The minimum atomic E-state index is -0.426. The lowest BCUT2D eigenvalue weighted by molar-refractivity contribution is -0.131. The van der Waals surface area contributed by atoms with Gasteiger partial charge >= 0.3 is 6.03 Å². The highest BCUT2D eigenvalue weighted by Crippen LogP contribution is 2.23. The molecule has 0 saturated carbocycles. The van der Waals surface area contributed by atoms with Gasteiger partial charge in [0.2, 0.25) is 5.91 Å². The van der Waals surface area contributed by atoms with E-state index in [9.17, 15) is 9.59 Å². The van der Waals surface area contributed by atoms with E-state index in [2.05, 4.69) is 0 Å². The number of nitrogens with two attached hydrogens (primary N) is 1. The summed E-state index contributed by atoms with van der Waals surface area (Å²) in [5.41, 5.74) is 6.26. The summed E-state index contributed by atoms with van der Waals surface area (Å²) in [5.74, 6) is 0.0809. The van der Waals surface area contributed by atoms with Gasteiger partial charge in [0.05, 0.1) is 10.0 Å². The van der Waals surface area contributed by atoms with E-state index in [-0.39, 0.29) is 5.91 Å². The number of carbonyl (C=O) groups is 2. The van der Waals surface area contributed by atoms with Crippen LogP contribution in [0.4, 0.5) is 4.79 Å². The third-order valence-electron chi connectivity index (χ3n) is 3.77. The molecule has 1 saturated heterocycles. The number of aryl methyl sites for hydroxylation is 1. The van der Waals surface area contributed by atoms with E-state index >= 15 is 0 Å². The molecule has 1 heterocycles. The third-order valence-corrected chi connectivity index (χ3v) is 4.51. The zero-order chi connectivity index (χ0) is 16.1. The summed E-state index contributed by atoms with van der Waals surface area (Å²) in [5, 5.41) is 1.01. The van der Waals surface area contributed by atoms with Gasteiger partial charge in [-0.25, -0.2) is 4.79 Å². The molecule has 0 radical (unpaired) electrons. The van der Waals surface area contributed by atoms with Crippen LogP contribution < -0.4 is 5.73 Å². The van der Waals surface area contributed by atoms with Crippen molar-refractivity contribution in [2.75, 3.05) is 26.2 Å². The van der Waals surface area contributed by atoms with Crippen LogP contribution in [-0.4, -0.2) is 47.9 Å². The fourth-order valence-corrected chi connectivity index (χ4v) is 2.81. The van der Waals surface area contributed by atoms with Crippen molar-refractivity contribution >= 4 is 35.1 Å². The van der Waals surface area contributed by atoms with Gasteiger partial charge in [0.15, 0.2) is 0 Å². The van der Waals surface area contributed by atoms with Crippen LogP contribution in [0, 0.1) is 0 Å². The van der Waals surface area contributed by atoms with Crippen molar-refractivity contribution in [2.24, 2.45) is 5.73 Å². The lowest BCUT2D eigenvalue weighted by atomic mass is 10.1. The average Bonchev–Trinajstić information content (AvgIpc) is 2.74. The third kappa shape index (κ3) is 4.52. The van der Waals surface area contributed by atoms with Gasteiger partial charge in [-0.15, -0.1) is 0 Å². The molecule has 0 atom stereocenters. The SMILES string of the molecule is NC(=O)N1CCCN(C(=O)CCc2ccc(Cl)c(Cl)c2)CC1. The second-order valence-corrected chi connectivity index (χ2v) is 6.12. The van der Waals surface area contributed by atoms with Crippen molar-refractivity contribution in [3.63, 3.8) is 0 Å². The Morgan fingerprint density at radius 2 is 1.73 bits per heavy atom. The molecule has 5 nitrogen and oxygen atoms in total. The van der Waals surface area contributed by atoms with Crippen LogP contribution in [0.25, 0.3) is 0 Å². The average molecular weight is 344 g/mol. The van der Waals surface area contributed by atoms with Gasteiger partial charge in [-0.2, -0.15) is 0 Å². The van der Waals surface area contributed by atoms with Crippen LogP contribution in [0.1, 0.15) is 18.4 Å². The second-order valence-electron chi connectivity index (χ2n) is 5.31. The van der Waals surface area contributed by atoms with Crippen LogP contribution >= 0.6 is 23.2 Å². The molecule has 7 heteroatoms. The molecule has 0 unspecified atom stereocenters. The Bertz CT molecular complexity index is 566. The monoisotopic (exact) mass is 343 g/mol. The van der Waals surface area contributed by atoms with Gasteiger partial charge in [0, 0.05) is 32.6 Å². The fraction of sp³-hybridized carbons (Fsp3) is 0.467. The van der Waals surface area contributed by atoms with Crippen molar-refractivity contribution in [2.45, 2.75) is 19.3 Å². The van der Waals surface area contributed by atoms with Crippen molar-refractivity contribution in [1.82, 2.24) is 9.80 Å². The highest BCUT2D eigenvalue weighted by Gasteiger charge is 2.20. The summed E-state index contributed by atoms with van der Waals surface area (Å²) in [6.45, 7) is 2.28. The molecule has 22 heavy (non-hydrogen) atoms. The molecule has 0 spiro atoms. The van der Waals surface area contributed by atoms with Crippen LogP contribution in [0.5, 0.6) is 0 Å². The zero-order valence-corrected chi connectivity index (χ0v) is 13.7. The van der Waals surface area contributed by atoms with Gasteiger partial charge in [-0.3, -0.25) is 4.79 Å². The van der Waals surface area contributed by atoms with Crippen LogP contribution in [0.15, 0.2) is 18.2 Å². The first-order valence-electron chi connectivity index (χ1n) is 7.23. The van der Waals surface area contributed by atoms with E-state index in [0.717, 1.165) is 12.0 Å². The number of benzene rings is 1. The van der Waals surface area contributed by atoms with Crippen molar-refractivity contribution in [1.29, 1.82) is 0 Å². The Morgan fingerprint density at radius 3 is 2.41 bits per heavy atom. The van der Waals surface area contributed by atoms with E-state index in [4.69, 9.17) is 28.9 Å². The summed E-state index contributed by atoms with van der Waals surface area (Å²) in [6, 6.07) is 4.97. The van der Waals surface area contributed by atoms with Crippen LogP contribution in [0.3, 0.4) is 0 Å². The fourth-order valence-electron chi connectivity index (χ4n) is 2.49. The van der Waals surface area contributed by atoms with E-state index < -0.39 is 6.03 Å². The molecule has 1 aromatic rings. The van der Waals surface area contributed by atoms with E-state index in [1.807, 2.05) is 6.07 Å². The summed E-state index contributed by atoms with van der Waals surface area (Å²) >= 11 is 11.8. The molecule has 2 N–H and O–H groups in total. The first-order chi connectivity index (χ1) is 10.5. The molecule has 0 bridgehead atoms. The van der Waals surface area contributed by atoms with E-state index in [0.29, 0.717) is 49.1 Å². The number of urea groups is 1. The van der Waals surface area contributed by atoms with Gasteiger partial charge < -0.3 is 15.5 Å². The predicted molar refractivity (Wildman–Crippen MR) is 87.1 cm³/mol. The lowest BCUT2D eigenvalue weighted by Gasteiger charge is -2.21. The summed E-state index contributed by atoms with van der Waals surface area (Å²) in [4.78, 5) is 26.8. The maximum absolute atomic E-state index is 12.3. The molecular weight excluding hydrogens is 325 g/mol. The molecule has 1 fully saturated rings. The number of primary amides is 1. The molecular formula is C15H19Cl2N3O2. The molecule has 1 aromatic carbocycles. The summed E-state index contributed by atoms with van der Waals surface area (Å²) < 4.78 is 0. The Labute approximate surface area is 139 Å². The predicted octanol–water partition coefficient (Wildman–Crippen LogP) is 2.54. The van der Waals surface area contributed by atoms with E-state index in [1.54, 1.807) is 21.9 Å². The highest BCUT2D eigenvalue weighted by molar-refractivity contribution is 6.42. The quantitative estimate of drug-likeness (QED) is 0.916. The molecule has 0 aromatic heterocycles. The van der Waals surface area contributed by atoms with Gasteiger partial charge in [-0.05, 0) is 30.5 Å². The number of halogens is 2. The number of carbonyl (C=O) groups excluding carboxylic acids is 2. The first kappa shape index (κ1) is 16.9. The lowest BCUT2D eigenvalue weighted by Crippen LogP contribution is -2.39. The molecule has 1 aliphatic heterocycles. The molecule has 120 valence electrons. The summed E-state index contributed by atoms with van der Waals surface area (Å²) in [6.07, 6.45) is 1.78. The van der Waals surface area contributed by atoms with Crippen LogP contribution in [-0.2, 0) is 11.2 Å². The highest BCUT2D eigenvalue weighted by atomic mass is 35.5. The number of rotatable bonds is 3. The first-order valence-corrected chi connectivity index (χ1v) is 7.99. The Morgan fingerprint density at radius 1 is 1.05 bits per heavy atom. The maximum atomic E-state index is 12.3. The summed E-state index contributed by atoms with van der Waals surface area (Å²) in [7, 11) is 0. The molecule has 1 aliphatic rings. The topological polar surface area (TPSA) is 66.6 Å². The second kappa shape index (κ2) is 7.70. The number of amides is 3. The van der Waals surface area contributed by atoms with Crippen molar-refractivity contribution in [3.8, 4) is 0 Å². The Kier molecular flexibility index (Phi) is 5.91. The number of hydrogen-bond acceptors (Lipinski definition) is 2. The number of nitrogens with zero attached hydrogens (tertiary/aromatic N) is 2. The van der Waals surface area contributed by atoms with Crippen molar-refractivity contribution in [3.05, 3.63) is 33.8 Å². The smallest absolute Gasteiger partial charge is 0.314 e. The van der Waals surface area contributed by atoms with Gasteiger partial charge in [0.25, 0.3) is 0 Å². The standard InChI is InChI=1S/C15H19Cl2N3O2/c16-12-4-2-11(10-13(12)17)3-5-14(21)19-6-1-7-20(9-8-19)15(18)22/h2,4,10H,1,3,5-9H2,(H2,18,22). The minimum absolute atomic E-state index is 0.0809. The van der Waals surface area contributed by atoms with Gasteiger partial charge in [-0.1, -0.05) is 29.3 Å². The normalized spacial score (nSPS) is 15.5. The zero-order valence-electron chi connectivity index (χ0n) is 12.2. The number of hydrogen-bond donors (Lipinski definition) is 1.